The third kappa shape index (κ3) is 5.19. The normalized spacial score (nSPS) is 11.1. The molecule has 0 heterocycles. The highest BCUT2D eigenvalue weighted by Crippen LogP contribution is 2.24. The summed E-state index contributed by atoms with van der Waals surface area (Å²) in [6, 6.07) is 15.9. The third-order valence-electron chi connectivity index (χ3n) is 2.92. The van der Waals surface area contributed by atoms with E-state index >= 15 is 0 Å². The molecular formula is C18H20BrNO2. The van der Waals surface area contributed by atoms with Crippen molar-refractivity contribution in [2.45, 2.75) is 26.3 Å². The van der Waals surface area contributed by atoms with Gasteiger partial charge >= 0.3 is 0 Å². The van der Waals surface area contributed by atoms with Crippen LogP contribution in [0, 0.1) is 0 Å². The Morgan fingerprint density at radius 3 is 2.00 bits per heavy atom. The fourth-order valence-electron chi connectivity index (χ4n) is 1.99. The number of ether oxygens (including phenoxy) is 1. The molecule has 116 valence electrons. The second-order valence-electron chi connectivity index (χ2n) is 6.12. The Morgan fingerprint density at radius 1 is 1.00 bits per heavy atom. The van der Waals surface area contributed by atoms with Crippen molar-refractivity contribution in [3.63, 3.8) is 0 Å². The van der Waals surface area contributed by atoms with E-state index in [-0.39, 0.29) is 18.1 Å². The highest BCUT2D eigenvalue weighted by atomic mass is 79.9. The van der Waals surface area contributed by atoms with Gasteiger partial charge in [-0.2, -0.15) is 0 Å². The van der Waals surface area contributed by atoms with E-state index in [1.165, 1.54) is 0 Å². The summed E-state index contributed by atoms with van der Waals surface area (Å²) in [5.41, 5.74) is 2.01. The van der Waals surface area contributed by atoms with Gasteiger partial charge in [0, 0.05) is 10.0 Å². The summed E-state index contributed by atoms with van der Waals surface area (Å²) in [5, 5.41) is 2.86. The van der Waals surface area contributed by atoms with Crippen molar-refractivity contribution < 1.29 is 9.53 Å². The van der Waals surface area contributed by atoms with Gasteiger partial charge in [-0.1, -0.05) is 40.2 Å². The summed E-state index contributed by atoms with van der Waals surface area (Å²) in [4.78, 5) is 11.7. The fraction of sp³-hybridized carbons (Fsp3) is 0.278. The summed E-state index contributed by atoms with van der Waals surface area (Å²) < 4.78 is 6.56. The van der Waals surface area contributed by atoms with Gasteiger partial charge < -0.3 is 10.1 Å². The van der Waals surface area contributed by atoms with Gasteiger partial charge in [-0.05, 0) is 56.2 Å². The van der Waals surface area contributed by atoms with Crippen LogP contribution in [0.1, 0.15) is 20.8 Å². The summed E-state index contributed by atoms with van der Waals surface area (Å²) in [7, 11) is 0. The van der Waals surface area contributed by atoms with Crippen molar-refractivity contribution in [1.82, 2.24) is 5.32 Å². The zero-order valence-corrected chi connectivity index (χ0v) is 14.6. The molecule has 1 amide bonds. The number of hydrogen-bond acceptors (Lipinski definition) is 2. The molecule has 0 aromatic heterocycles. The molecular weight excluding hydrogens is 342 g/mol. The van der Waals surface area contributed by atoms with Gasteiger partial charge in [-0.25, -0.2) is 0 Å². The number of rotatable bonds is 4. The monoisotopic (exact) mass is 361 g/mol. The first-order chi connectivity index (χ1) is 10.3. The molecule has 0 aliphatic rings. The Bertz CT molecular complexity index is 628. The Hall–Kier alpha value is -1.81. The van der Waals surface area contributed by atoms with Crippen LogP contribution in [0.4, 0.5) is 0 Å². The number of halogens is 1. The molecule has 2 rings (SSSR count). The lowest BCUT2D eigenvalue weighted by atomic mass is 10.1. The highest BCUT2D eigenvalue weighted by Gasteiger charge is 2.13. The molecule has 2 aromatic rings. The predicted octanol–water partition coefficient (Wildman–Crippen LogP) is 4.41. The van der Waals surface area contributed by atoms with Crippen LogP contribution in [0.3, 0.4) is 0 Å². The molecule has 0 aliphatic carbocycles. The standard InChI is InChI=1S/C18H20BrNO2/c1-18(2,3)20-17(21)12-22-16-10-6-14(7-11-16)13-4-8-15(19)9-5-13/h4-11H,12H2,1-3H3,(H,20,21). The first-order valence-electron chi connectivity index (χ1n) is 7.13. The number of nitrogens with one attached hydrogen (secondary N) is 1. The van der Waals surface area contributed by atoms with Crippen molar-refractivity contribution in [3.8, 4) is 16.9 Å². The Labute approximate surface area is 139 Å². The van der Waals surface area contributed by atoms with Crippen LogP contribution >= 0.6 is 15.9 Å². The maximum atomic E-state index is 11.7. The molecule has 1 N–H and O–H groups in total. The topological polar surface area (TPSA) is 38.3 Å². The molecule has 0 fully saturated rings. The maximum Gasteiger partial charge on any atom is 0.258 e. The Morgan fingerprint density at radius 2 is 1.50 bits per heavy atom. The zero-order chi connectivity index (χ0) is 16.2. The van der Waals surface area contributed by atoms with Gasteiger partial charge in [-0.3, -0.25) is 4.79 Å². The van der Waals surface area contributed by atoms with Gasteiger partial charge in [0.2, 0.25) is 0 Å². The molecule has 22 heavy (non-hydrogen) atoms. The van der Waals surface area contributed by atoms with E-state index < -0.39 is 0 Å². The molecule has 0 saturated carbocycles. The van der Waals surface area contributed by atoms with E-state index in [1.807, 2.05) is 57.2 Å². The summed E-state index contributed by atoms with van der Waals surface area (Å²) in [6.45, 7) is 5.85. The summed E-state index contributed by atoms with van der Waals surface area (Å²) in [6.07, 6.45) is 0. The molecule has 3 nitrogen and oxygen atoms in total. The van der Waals surface area contributed by atoms with Crippen LogP contribution < -0.4 is 10.1 Å². The van der Waals surface area contributed by atoms with Crippen LogP contribution in [0.5, 0.6) is 5.75 Å². The largest absolute Gasteiger partial charge is 0.484 e. The maximum absolute atomic E-state index is 11.7. The molecule has 0 spiro atoms. The van der Waals surface area contributed by atoms with Gasteiger partial charge in [0.1, 0.15) is 5.75 Å². The van der Waals surface area contributed by atoms with Crippen molar-refractivity contribution >= 4 is 21.8 Å². The van der Waals surface area contributed by atoms with E-state index in [1.54, 1.807) is 0 Å². The van der Waals surface area contributed by atoms with Gasteiger partial charge in [-0.15, -0.1) is 0 Å². The molecule has 2 aromatic carbocycles. The molecule has 0 radical (unpaired) electrons. The van der Waals surface area contributed by atoms with Crippen LogP contribution in [-0.2, 0) is 4.79 Å². The fourth-order valence-corrected chi connectivity index (χ4v) is 2.25. The zero-order valence-electron chi connectivity index (χ0n) is 13.0. The van der Waals surface area contributed by atoms with Crippen LogP contribution in [0.2, 0.25) is 0 Å². The van der Waals surface area contributed by atoms with E-state index in [2.05, 4.69) is 33.4 Å². The lowest BCUT2D eigenvalue weighted by Gasteiger charge is -2.20. The van der Waals surface area contributed by atoms with Crippen LogP contribution in [-0.4, -0.2) is 18.1 Å². The van der Waals surface area contributed by atoms with E-state index in [0.29, 0.717) is 5.75 Å². The number of carbonyl (C=O) groups excluding carboxylic acids is 1. The number of amides is 1. The third-order valence-corrected chi connectivity index (χ3v) is 3.44. The van der Waals surface area contributed by atoms with Gasteiger partial charge in [0.25, 0.3) is 5.91 Å². The molecule has 0 aliphatic heterocycles. The molecule has 4 heteroatoms. The highest BCUT2D eigenvalue weighted by molar-refractivity contribution is 9.10. The molecule has 0 saturated heterocycles. The first-order valence-corrected chi connectivity index (χ1v) is 7.93. The summed E-state index contributed by atoms with van der Waals surface area (Å²) >= 11 is 3.43. The minimum Gasteiger partial charge on any atom is -0.484 e. The van der Waals surface area contributed by atoms with Crippen molar-refractivity contribution in [2.24, 2.45) is 0 Å². The average molecular weight is 362 g/mol. The van der Waals surface area contributed by atoms with Crippen LogP contribution in [0.15, 0.2) is 53.0 Å². The Kier molecular flexibility index (Phi) is 5.24. The predicted molar refractivity (Wildman–Crippen MR) is 93.0 cm³/mol. The van der Waals surface area contributed by atoms with E-state index in [4.69, 9.17) is 4.74 Å². The van der Waals surface area contributed by atoms with Crippen LogP contribution in [0.25, 0.3) is 11.1 Å². The minimum absolute atomic E-state index is 0.0227. The van der Waals surface area contributed by atoms with Gasteiger partial charge in [0.05, 0.1) is 0 Å². The van der Waals surface area contributed by atoms with Crippen molar-refractivity contribution in [2.75, 3.05) is 6.61 Å². The molecule has 0 atom stereocenters. The lowest BCUT2D eigenvalue weighted by molar-refractivity contribution is -0.124. The minimum atomic E-state index is -0.244. The molecule has 0 bridgehead atoms. The Balaban J connectivity index is 1.95. The number of carbonyl (C=O) groups is 1. The quantitative estimate of drug-likeness (QED) is 0.875. The van der Waals surface area contributed by atoms with Gasteiger partial charge in [0.15, 0.2) is 6.61 Å². The first kappa shape index (κ1) is 16.6. The van der Waals surface area contributed by atoms with E-state index in [9.17, 15) is 4.79 Å². The number of hydrogen-bond donors (Lipinski definition) is 1. The SMILES string of the molecule is CC(C)(C)NC(=O)COc1ccc(-c2ccc(Br)cc2)cc1. The second kappa shape index (κ2) is 6.97. The number of benzene rings is 2. The smallest absolute Gasteiger partial charge is 0.258 e. The van der Waals surface area contributed by atoms with Crippen molar-refractivity contribution in [3.05, 3.63) is 53.0 Å². The average Bonchev–Trinajstić information content (AvgIpc) is 2.45. The second-order valence-corrected chi connectivity index (χ2v) is 7.03. The molecule has 0 unspecified atom stereocenters. The van der Waals surface area contributed by atoms with Crippen molar-refractivity contribution in [1.29, 1.82) is 0 Å². The van der Waals surface area contributed by atoms with E-state index in [0.717, 1.165) is 15.6 Å². The summed E-state index contributed by atoms with van der Waals surface area (Å²) in [5.74, 6) is 0.564. The lowest BCUT2D eigenvalue weighted by Crippen LogP contribution is -2.43.